The lowest BCUT2D eigenvalue weighted by molar-refractivity contribution is -0.134. The number of amides is 1. The van der Waals surface area contributed by atoms with Crippen LogP contribution in [0.25, 0.3) is 0 Å². The van der Waals surface area contributed by atoms with Crippen LogP contribution in [0.4, 0.5) is 0 Å². The summed E-state index contributed by atoms with van der Waals surface area (Å²) in [7, 11) is 0. The lowest BCUT2D eigenvalue weighted by Gasteiger charge is -2.36. The summed E-state index contributed by atoms with van der Waals surface area (Å²) in [5.74, 6) is 0.992. The molecule has 2 aliphatic heterocycles. The molecule has 0 bridgehead atoms. The topological polar surface area (TPSA) is 31.7 Å². The molecule has 1 amide bonds. The van der Waals surface area contributed by atoms with Crippen molar-refractivity contribution in [2.24, 2.45) is 5.92 Å². The molecule has 140 valence electrons. The highest BCUT2D eigenvalue weighted by molar-refractivity contribution is 5.76. The van der Waals surface area contributed by atoms with E-state index < -0.39 is 0 Å². The molecule has 1 aromatic heterocycles. The number of piperazine rings is 1. The van der Waals surface area contributed by atoms with E-state index in [0.29, 0.717) is 11.8 Å². The van der Waals surface area contributed by atoms with E-state index in [9.17, 15) is 4.79 Å². The number of piperidine rings is 1. The average molecular weight is 347 g/mol. The normalized spacial score (nSPS) is 20.9. The predicted molar refractivity (Wildman–Crippen MR) is 102 cm³/mol. The summed E-state index contributed by atoms with van der Waals surface area (Å²) in [5, 5.41) is 0. The molecule has 2 fully saturated rings. The van der Waals surface area contributed by atoms with Crippen LogP contribution in [0.2, 0.25) is 0 Å². The van der Waals surface area contributed by atoms with Gasteiger partial charge in [0.2, 0.25) is 5.91 Å². The van der Waals surface area contributed by atoms with E-state index in [2.05, 4.69) is 50.7 Å². The number of carbonyl (C=O) groups excluding carboxylic acids is 1. The predicted octanol–water partition coefficient (Wildman–Crippen LogP) is 2.14. The van der Waals surface area contributed by atoms with E-state index in [1.807, 2.05) is 0 Å². The molecule has 0 unspecified atom stereocenters. The first-order valence-corrected chi connectivity index (χ1v) is 10.1. The largest absolute Gasteiger partial charge is 0.353 e. The molecule has 5 nitrogen and oxygen atoms in total. The van der Waals surface area contributed by atoms with Gasteiger partial charge in [0.25, 0.3) is 0 Å². The van der Waals surface area contributed by atoms with Crippen molar-refractivity contribution in [1.82, 2.24) is 19.3 Å². The van der Waals surface area contributed by atoms with Crippen molar-refractivity contribution in [3.05, 3.63) is 24.5 Å². The van der Waals surface area contributed by atoms with Gasteiger partial charge in [0.15, 0.2) is 0 Å². The molecule has 0 radical (unpaired) electrons. The van der Waals surface area contributed by atoms with E-state index in [1.165, 1.54) is 38.9 Å². The second kappa shape index (κ2) is 9.39. The fraction of sp³-hybridized carbons (Fsp3) is 0.750. The molecule has 25 heavy (non-hydrogen) atoms. The van der Waals surface area contributed by atoms with Crippen LogP contribution in [-0.2, 0) is 11.3 Å². The Labute approximate surface area is 152 Å². The molecule has 0 saturated carbocycles. The molecule has 2 aliphatic rings. The van der Waals surface area contributed by atoms with Gasteiger partial charge in [-0.15, -0.1) is 0 Å². The minimum atomic E-state index is 0.388. The van der Waals surface area contributed by atoms with Crippen molar-refractivity contribution in [1.29, 1.82) is 0 Å². The third-order valence-corrected chi connectivity index (χ3v) is 5.78. The summed E-state index contributed by atoms with van der Waals surface area (Å²) in [5.41, 5.74) is 0. The quantitative estimate of drug-likeness (QED) is 0.758. The Morgan fingerprint density at radius 3 is 2.16 bits per heavy atom. The van der Waals surface area contributed by atoms with Crippen molar-refractivity contribution in [2.45, 2.75) is 39.2 Å². The second-order valence-corrected chi connectivity index (χ2v) is 7.63. The van der Waals surface area contributed by atoms with Gasteiger partial charge in [-0.2, -0.15) is 0 Å². The van der Waals surface area contributed by atoms with E-state index in [0.717, 1.165) is 45.7 Å². The number of rotatable bonds is 7. The van der Waals surface area contributed by atoms with Gasteiger partial charge in [-0.3, -0.25) is 9.69 Å². The maximum Gasteiger partial charge on any atom is 0.222 e. The zero-order chi connectivity index (χ0) is 17.5. The van der Waals surface area contributed by atoms with Gasteiger partial charge in [-0.1, -0.05) is 6.92 Å². The Hall–Kier alpha value is -1.33. The first kappa shape index (κ1) is 18.5. The lowest BCUT2D eigenvalue weighted by Crippen LogP contribution is -2.49. The summed E-state index contributed by atoms with van der Waals surface area (Å²) in [6.07, 6.45) is 8.63. The number of carbonyl (C=O) groups is 1. The van der Waals surface area contributed by atoms with E-state index >= 15 is 0 Å². The van der Waals surface area contributed by atoms with Gasteiger partial charge >= 0.3 is 0 Å². The number of aromatic nitrogens is 1. The second-order valence-electron chi connectivity index (χ2n) is 7.63. The van der Waals surface area contributed by atoms with E-state index in [1.54, 1.807) is 0 Å². The smallest absolute Gasteiger partial charge is 0.222 e. The standard InChI is InChI=1S/C20H34N4O/c1-2-7-21-10-5-19(6-11-21)18-20(25)24-16-14-23(15-17-24)13-12-22-8-3-4-9-22/h3-4,8-9,19H,2,5-7,10-18H2,1H3. The highest BCUT2D eigenvalue weighted by atomic mass is 16.2. The molecule has 1 aromatic rings. The molecule has 3 rings (SSSR count). The van der Waals surface area contributed by atoms with Crippen LogP contribution in [-0.4, -0.2) is 77.5 Å². The summed E-state index contributed by atoms with van der Waals surface area (Å²) in [6, 6.07) is 4.15. The Morgan fingerprint density at radius 2 is 1.52 bits per heavy atom. The molecule has 3 heterocycles. The fourth-order valence-corrected chi connectivity index (χ4v) is 4.10. The first-order chi connectivity index (χ1) is 12.2. The van der Waals surface area contributed by atoms with Crippen molar-refractivity contribution >= 4 is 5.91 Å². The highest BCUT2D eigenvalue weighted by Gasteiger charge is 2.25. The summed E-state index contributed by atoms with van der Waals surface area (Å²) in [6.45, 7) is 11.8. The maximum atomic E-state index is 12.6. The number of hydrogen-bond acceptors (Lipinski definition) is 3. The van der Waals surface area contributed by atoms with Crippen molar-refractivity contribution < 1.29 is 4.79 Å². The molecule has 0 atom stereocenters. The van der Waals surface area contributed by atoms with Crippen LogP contribution in [0, 0.1) is 5.92 Å². The first-order valence-electron chi connectivity index (χ1n) is 10.1. The Bertz CT molecular complexity index is 500. The molecule has 2 saturated heterocycles. The maximum absolute atomic E-state index is 12.6. The third kappa shape index (κ3) is 5.58. The molecule has 0 N–H and O–H groups in total. The Kier molecular flexibility index (Phi) is 6.93. The summed E-state index contributed by atoms with van der Waals surface area (Å²) >= 11 is 0. The highest BCUT2D eigenvalue weighted by Crippen LogP contribution is 2.22. The number of hydrogen-bond donors (Lipinski definition) is 0. The summed E-state index contributed by atoms with van der Waals surface area (Å²) in [4.78, 5) is 19.7. The van der Waals surface area contributed by atoms with Gasteiger partial charge in [-0.25, -0.2) is 0 Å². The van der Waals surface area contributed by atoms with Crippen LogP contribution in [0.15, 0.2) is 24.5 Å². The van der Waals surface area contributed by atoms with Crippen molar-refractivity contribution in [3.8, 4) is 0 Å². The van der Waals surface area contributed by atoms with Crippen LogP contribution in [0.3, 0.4) is 0 Å². The van der Waals surface area contributed by atoms with Crippen LogP contribution in [0.5, 0.6) is 0 Å². The minimum Gasteiger partial charge on any atom is -0.353 e. The molecule has 5 heteroatoms. The minimum absolute atomic E-state index is 0.388. The average Bonchev–Trinajstić information content (AvgIpc) is 3.16. The summed E-state index contributed by atoms with van der Waals surface area (Å²) < 4.78 is 2.22. The van der Waals surface area contributed by atoms with Crippen molar-refractivity contribution in [2.75, 3.05) is 52.4 Å². The van der Waals surface area contributed by atoms with Gasteiger partial charge in [0.05, 0.1) is 0 Å². The third-order valence-electron chi connectivity index (χ3n) is 5.78. The van der Waals surface area contributed by atoms with Gasteiger partial charge in [0, 0.05) is 58.1 Å². The number of nitrogens with zero attached hydrogens (tertiary/aromatic N) is 4. The zero-order valence-corrected chi connectivity index (χ0v) is 15.8. The fourth-order valence-electron chi connectivity index (χ4n) is 4.10. The molecule has 0 spiro atoms. The Morgan fingerprint density at radius 1 is 0.880 bits per heavy atom. The van der Waals surface area contributed by atoms with E-state index in [-0.39, 0.29) is 0 Å². The van der Waals surface area contributed by atoms with Crippen molar-refractivity contribution in [3.63, 3.8) is 0 Å². The lowest BCUT2D eigenvalue weighted by atomic mass is 9.93. The van der Waals surface area contributed by atoms with Gasteiger partial charge in [0.1, 0.15) is 0 Å². The van der Waals surface area contributed by atoms with Gasteiger partial charge in [-0.05, 0) is 56.9 Å². The van der Waals surface area contributed by atoms with Crippen LogP contribution in [0.1, 0.15) is 32.6 Å². The van der Waals surface area contributed by atoms with Gasteiger partial charge < -0.3 is 14.4 Å². The number of likely N-dealkylation sites (tertiary alicyclic amines) is 1. The Balaban J connectivity index is 1.33. The van der Waals surface area contributed by atoms with Crippen LogP contribution < -0.4 is 0 Å². The molecular weight excluding hydrogens is 312 g/mol. The SMILES string of the molecule is CCCN1CCC(CC(=O)N2CCN(CCn3cccc3)CC2)CC1. The molecular formula is C20H34N4O. The molecule has 0 aliphatic carbocycles. The molecule has 0 aromatic carbocycles. The zero-order valence-electron chi connectivity index (χ0n) is 15.8. The van der Waals surface area contributed by atoms with Crippen LogP contribution >= 0.6 is 0 Å². The van der Waals surface area contributed by atoms with E-state index in [4.69, 9.17) is 0 Å². The monoisotopic (exact) mass is 346 g/mol.